The molecule has 1 heterocycles. The first-order valence-electron chi connectivity index (χ1n) is 4.30. The minimum absolute atomic E-state index is 0. The second kappa shape index (κ2) is 4.10. The maximum absolute atomic E-state index is 5.57. The second-order valence-corrected chi connectivity index (χ2v) is 3.32. The highest BCUT2D eigenvalue weighted by Gasteiger charge is 2.28. The van der Waals surface area contributed by atoms with Gasteiger partial charge in [-0.25, -0.2) is 0 Å². The van der Waals surface area contributed by atoms with Gasteiger partial charge in [-0.1, -0.05) is 12.8 Å². The van der Waals surface area contributed by atoms with Crippen molar-refractivity contribution in [3.8, 4) is 0 Å². The molecule has 2 unspecified atom stereocenters. The summed E-state index contributed by atoms with van der Waals surface area (Å²) in [5.41, 5.74) is 5.57. The first kappa shape index (κ1) is 9.81. The van der Waals surface area contributed by atoms with E-state index in [4.69, 9.17) is 10.5 Å². The molecule has 1 fully saturated rings. The number of aliphatic imine (C=N–C) groups is 1. The first-order valence-corrected chi connectivity index (χ1v) is 4.30. The van der Waals surface area contributed by atoms with Crippen molar-refractivity contribution in [2.45, 2.75) is 37.8 Å². The highest BCUT2D eigenvalue weighted by Crippen LogP contribution is 2.25. The summed E-state index contributed by atoms with van der Waals surface area (Å²) in [6.07, 6.45) is 5.26. The molecule has 0 bridgehead atoms. The van der Waals surface area contributed by atoms with Gasteiger partial charge in [0, 0.05) is 0 Å². The fraction of sp³-hybridized carbons (Fsp3) is 0.875. The predicted octanol–water partition coefficient (Wildman–Crippen LogP) is 1.11. The lowest BCUT2D eigenvalue weighted by atomic mass is 9.92. The Morgan fingerprint density at radius 3 is 2.92 bits per heavy atom. The molecular formula is C8H15ClN2O. The highest BCUT2D eigenvalue weighted by atomic mass is 35.5. The Kier molecular flexibility index (Phi) is 3.35. The highest BCUT2D eigenvalue weighted by molar-refractivity contribution is 5.85. The van der Waals surface area contributed by atoms with Crippen molar-refractivity contribution in [3.05, 3.63) is 0 Å². The van der Waals surface area contributed by atoms with E-state index in [9.17, 15) is 0 Å². The third-order valence-electron chi connectivity index (χ3n) is 2.44. The molecule has 1 saturated carbocycles. The van der Waals surface area contributed by atoms with Crippen molar-refractivity contribution in [2.75, 3.05) is 6.61 Å². The van der Waals surface area contributed by atoms with Gasteiger partial charge < -0.3 is 10.5 Å². The monoisotopic (exact) mass is 190 g/mol. The van der Waals surface area contributed by atoms with E-state index < -0.39 is 0 Å². The van der Waals surface area contributed by atoms with E-state index in [1.54, 1.807) is 0 Å². The third kappa shape index (κ3) is 1.90. The van der Waals surface area contributed by atoms with Crippen molar-refractivity contribution >= 4 is 18.2 Å². The van der Waals surface area contributed by atoms with Crippen molar-refractivity contribution in [2.24, 2.45) is 10.7 Å². The Hall–Kier alpha value is -0.280. The molecule has 0 radical (unpaired) electrons. The summed E-state index contributed by atoms with van der Waals surface area (Å²) in [7, 11) is 0. The Labute approximate surface area is 78.8 Å². The van der Waals surface area contributed by atoms with Crippen LogP contribution in [0.3, 0.4) is 0 Å². The number of hydrogen-bond donors (Lipinski definition) is 1. The Morgan fingerprint density at radius 1 is 1.33 bits per heavy atom. The molecule has 2 rings (SSSR count). The van der Waals surface area contributed by atoms with Crippen LogP contribution < -0.4 is 5.73 Å². The van der Waals surface area contributed by atoms with Gasteiger partial charge in [0.25, 0.3) is 0 Å². The second-order valence-electron chi connectivity index (χ2n) is 3.32. The lowest BCUT2D eigenvalue weighted by Gasteiger charge is -2.32. The number of nitrogens with zero attached hydrogens (tertiary/aromatic N) is 1. The van der Waals surface area contributed by atoms with Crippen LogP contribution in [0.15, 0.2) is 4.99 Å². The molecule has 2 N–H and O–H groups in total. The van der Waals surface area contributed by atoms with Crippen LogP contribution >= 0.6 is 12.4 Å². The summed E-state index contributed by atoms with van der Waals surface area (Å²) in [5.74, 6) is 0.674. The van der Waals surface area contributed by atoms with Crippen molar-refractivity contribution in [1.82, 2.24) is 0 Å². The van der Waals surface area contributed by atoms with Crippen LogP contribution in [0.5, 0.6) is 0 Å². The lowest BCUT2D eigenvalue weighted by molar-refractivity contribution is 0.0277. The van der Waals surface area contributed by atoms with Crippen LogP contribution in [0.25, 0.3) is 0 Å². The van der Waals surface area contributed by atoms with E-state index in [2.05, 4.69) is 4.99 Å². The first-order chi connectivity index (χ1) is 5.36. The van der Waals surface area contributed by atoms with Gasteiger partial charge in [0.05, 0.1) is 12.1 Å². The van der Waals surface area contributed by atoms with E-state index in [-0.39, 0.29) is 12.4 Å². The molecule has 70 valence electrons. The van der Waals surface area contributed by atoms with E-state index in [0.29, 0.717) is 24.6 Å². The number of halogens is 1. The van der Waals surface area contributed by atoms with E-state index in [1.807, 2.05) is 0 Å². The molecule has 0 aromatic heterocycles. The zero-order chi connectivity index (χ0) is 7.68. The van der Waals surface area contributed by atoms with Crippen LogP contribution in [-0.2, 0) is 4.74 Å². The number of nitrogens with two attached hydrogens (primary N) is 1. The number of rotatable bonds is 0. The summed E-state index contributed by atoms with van der Waals surface area (Å²) in [6, 6.07) is 0.373. The average molecular weight is 191 g/mol. The molecule has 2 atom stereocenters. The van der Waals surface area contributed by atoms with Crippen molar-refractivity contribution < 1.29 is 4.74 Å². The molecule has 0 amide bonds. The molecule has 4 heteroatoms. The Bertz CT molecular complexity index is 184. The van der Waals surface area contributed by atoms with Gasteiger partial charge >= 0.3 is 0 Å². The van der Waals surface area contributed by atoms with Crippen LogP contribution in [-0.4, -0.2) is 24.6 Å². The molecule has 0 spiro atoms. The van der Waals surface area contributed by atoms with Crippen LogP contribution in [0, 0.1) is 0 Å². The standard InChI is InChI=1S/C8H14N2O.ClH/c9-8-5-11-7-4-2-1-3-6(7)10-8;/h6-7H,1-5H2,(H2,9,10);1H. The molecule has 1 aliphatic heterocycles. The molecule has 1 aliphatic carbocycles. The predicted molar refractivity (Wildman–Crippen MR) is 50.9 cm³/mol. The fourth-order valence-electron chi connectivity index (χ4n) is 1.86. The van der Waals surface area contributed by atoms with Gasteiger partial charge in [-0.15, -0.1) is 12.4 Å². The average Bonchev–Trinajstić information content (AvgIpc) is 2.04. The van der Waals surface area contributed by atoms with Gasteiger partial charge in [-0.2, -0.15) is 0 Å². The van der Waals surface area contributed by atoms with Crippen LogP contribution in [0.2, 0.25) is 0 Å². The summed E-state index contributed by atoms with van der Waals surface area (Å²) in [5, 5.41) is 0. The van der Waals surface area contributed by atoms with Crippen molar-refractivity contribution in [1.29, 1.82) is 0 Å². The largest absolute Gasteiger partial charge is 0.386 e. The van der Waals surface area contributed by atoms with E-state index >= 15 is 0 Å². The molecule has 2 aliphatic rings. The van der Waals surface area contributed by atoms with Gasteiger partial charge in [0.15, 0.2) is 0 Å². The molecule has 0 saturated heterocycles. The number of hydrogen-bond acceptors (Lipinski definition) is 3. The third-order valence-corrected chi connectivity index (χ3v) is 2.44. The quantitative estimate of drug-likeness (QED) is 0.622. The lowest BCUT2D eigenvalue weighted by Crippen LogP contribution is -2.40. The summed E-state index contributed by atoms with van der Waals surface area (Å²) >= 11 is 0. The zero-order valence-corrected chi connectivity index (χ0v) is 7.85. The van der Waals surface area contributed by atoms with Crippen LogP contribution in [0.1, 0.15) is 25.7 Å². The summed E-state index contributed by atoms with van der Waals surface area (Å²) in [6.45, 7) is 0.543. The topological polar surface area (TPSA) is 47.6 Å². The minimum atomic E-state index is 0. The fourth-order valence-corrected chi connectivity index (χ4v) is 1.86. The zero-order valence-electron chi connectivity index (χ0n) is 7.03. The SMILES string of the molecule is Cl.NC1=NC2CCCCC2OC1. The summed E-state index contributed by atoms with van der Waals surface area (Å²) in [4.78, 5) is 4.37. The van der Waals surface area contributed by atoms with E-state index in [0.717, 1.165) is 6.42 Å². The smallest absolute Gasteiger partial charge is 0.120 e. The van der Waals surface area contributed by atoms with Gasteiger partial charge in [-0.05, 0) is 12.8 Å². The number of fused-ring (bicyclic) bond motifs is 1. The van der Waals surface area contributed by atoms with Crippen molar-refractivity contribution in [3.63, 3.8) is 0 Å². The Morgan fingerprint density at radius 2 is 2.08 bits per heavy atom. The molecular weight excluding hydrogens is 176 g/mol. The normalized spacial score (nSPS) is 34.5. The van der Waals surface area contributed by atoms with Gasteiger partial charge in [0.2, 0.25) is 0 Å². The van der Waals surface area contributed by atoms with Gasteiger partial charge in [-0.3, -0.25) is 4.99 Å². The van der Waals surface area contributed by atoms with Crippen LogP contribution in [0.4, 0.5) is 0 Å². The maximum atomic E-state index is 5.57. The summed E-state index contributed by atoms with van der Waals surface area (Å²) < 4.78 is 5.54. The number of amidine groups is 1. The molecule has 0 aromatic carbocycles. The number of ether oxygens (including phenoxy) is 1. The van der Waals surface area contributed by atoms with Gasteiger partial charge in [0.1, 0.15) is 12.4 Å². The Balaban J connectivity index is 0.000000720. The molecule has 3 nitrogen and oxygen atoms in total. The molecule has 12 heavy (non-hydrogen) atoms. The molecule has 0 aromatic rings. The minimum Gasteiger partial charge on any atom is -0.386 e. The maximum Gasteiger partial charge on any atom is 0.120 e. The van der Waals surface area contributed by atoms with E-state index in [1.165, 1.54) is 19.3 Å².